The van der Waals surface area contributed by atoms with Gasteiger partial charge in [0.05, 0.1) is 5.25 Å². The summed E-state index contributed by atoms with van der Waals surface area (Å²) >= 11 is 0. The Morgan fingerprint density at radius 2 is 1.58 bits per heavy atom. The molecular weight excluding hydrogens is 203 g/mol. The number of rotatable bonds is 4. The fourth-order valence-electron chi connectivity index (χ4n) is 0.904. The van der Waals surface area contributed by atoms with Gasteiger partial charge in [0.25, 0.3) is 9.46 Å². The Balaban J connectivity index is 4.99. The quantitative estimate of drug-likeness (QED) is 0.674. The molecule has 74 valence electrons. The van der Waals surface area contributed by atoms with E-state index in [0.717, 1.165) is 0 Å². The zero-order valence-electron chi connectivity index (χ0n) is 6.97. The van der Waals surface area contributed by atoms with Crippen molar-refractivity contribution >= 4 is 16.3 Å². The van der Waals surface area contributed by atoms with Crippen LogP contribution in [0.25, 0.3) is 0 Å². The molecule has 0 atom stereocenters. The first kappa shape index (κ1) is 12.1. The summed E-state index contributed by atoms with van der Waals surface area (Å²) in [5.74, 6) is 0. The highest BCUT2D eigenvalue weighted by Gasteiger charge is 2.39. The Morgan fingerprint density at radius 3 is 1.67 bits per heavy atom. The molecule has 0 aliphatic carbocycles. The van der Waals surface area contributed by atoms with Gasteiger partial charge in [0.15, 0.2) is 0 Å². The van der Waals surface area contributed by atoms with Crippen molar-refractivity contribution in [1.29, 1.82) is 0 Å². The third-order valence-electron chi connectivity index (χ3n) is 1.66. The Kier molecular flexibility index (Phi) is 3.90. The highest BCUT2D eigenvalue weighted by atomic mass is 32.8. The molecule has 0 aliphatic rings. The van der Waals surface area contributed by atoms with Crippen molar-refractivity contribution in [3.8, 4) is 0 Å². The smallest absolute Gasteiger partial charge is 0.313 e. The van der Waals surface area contributed by atoms with Crippen molar-refractivity contribution in [2.45, 2.75) is 31.9 Å². The maximum absolute atomic E-state index is 11.1. The third kappa shape index (κ3) is 2.29. The average Bonchev–Trinajstić information content (AvgIpc) is 1.87. The molecule has 0 aliphatic heterocycles. The minimum atomic E-state index is -4.99. The van der Waals surface area contributed by atoms with Crippen LogP contribution in [0, 0.1) is 0 Å². The summed E-state index contributed by atoms with van der Waals surface area (Å²) in [5.41, 5.74) is 0. The molecule has 0 heterocycles. The van der Waals surface area contributed by atoms with Gasteiger partial charge in [-0.15, -0.1) is 0 Å². The van der Waals surface area contributed by atoms with E-state index in [9.17, 15) is 13.0 Å². The third-order valence-corrected chi connectivity index (χ3v) is 6.72. The van der Waals surface area contributed by atoms with Gasteiger partial charge in [-0.2, -0.15) is 0 Å². The molecule has 0 saturated carbocycles. The zero-order chi connectivity index (χ0) is 9.99. The molecule has 0 amide bonds. The summed E-state index contributed by atoms with van der Waals surface area (Å²) in [6.07, 6.45) is 0.452. The van der Waals surface area contributed by atoms with Gasteiger partial charge in [0, 0.05) is 0 Å². The second kappa shape index (κ2) is 3.87. The van der Waals surface area contributed by atoms with Crippen molar-refractivity contribution in [3.63, 3.8) is 0 Å². The monoisotopic (exact) mass is 216 g/mol. The highest BCUT2D eigenvalue weighted by molar-refractivity contribution is 8.49. The maximum atomic E-state index is 11.1. The lowest BCUT2D eigenvalue weighted by atomic mass is 10.3. The Labute approximate surface area is 71.6 Å². The summed E-state index contributed by atoms with van der Waals surface area (Å²) in [6.45, 7) is -1.82. The second-order valence-corrected chi connectivity index (χ2v) is 8.08. The molecule has 0 fully saturated rings. The first-order valence-corrected chi connectivity index (χ1v) is 7.33. The first-order chi connectivity index (χ1) is 5.27. The predicted molar refractivity (Wildman–Crippen MR) is 45.3 cm³/mol. The normalized spacial score (nSPS) is 13.8. The molecule has 0 spiro atoms. The van der Waals surface area contributed by atoms with Gasteiger partial charge in [0.1, 0.15) is 0 Å². The summed E-state index contributed by atoms with van der Waals surface area (Å²) in [7, 11) is -4.27. The molecule has 0 saturated heterocycles. The summed E-state index contributed by atoms with van der Waals surface area (Å²) in [6, 6.07) is 0. The van der Waals surface area contributed by atoms with E-state index in [1.54, 1.807) is 13.8 Å². The Hall–Kier alpha value is 0.1000. The van der Waals surface area contributed by atoms with Gasteiger partial charge in [-0.1, -0.05) is 13.8 Å². The molecule has 0 unspecified atom stereocenters. The van der Waals surface area contributed by atoms with Gasteiger partial charge >= 0.3 is 6.80 Å². The average molecular weight is 216 g/mol. The van der Waals surface area contributed by atoms with Gasteiger partial charge < -0.3 is 9.79 Å². The first-order valence-electron chi connectivity index (χ1n) is 3.56. The fourth-order valence-corrected chi connectivity index (χ4v) is 4.19. The van der Waals surface area contributed by atoms with E-state index >= 15 is 0 Å². The van der Waals surface area contributed by atoms with Crippen LogP contribution in [0.3, 0.4) is 0 Å². The molecule has 0 aromatic rings. The van der Waals surface area contributed by atoms with E-state index < -0.39 is 21.5 Å². The Morgan fingerprint density at radius 1 is 1.25 bits per heavy atom. The largest absolute Gasteiger partial charge is 0.440 e. The second-order valence-electron chi connectivity index (χ2n) is 2.44. The molecular formula is C5H13O5PS. The van der Waals surface area contributed by atoms with E-state index in [1.807, 2.05) is 0 Å². The molecule has 0 radical (unpaired) electrons. The lowest BCUT2D eigenvalue weighted by molar-refractivity contribution is 0.388. The molecule has 0 aromatic heterocycles. The summed E-state index contributed by atoms with van der Waals surface area (Å²) in [5, 5.41) is -0.932. The van der Waals surface area contributed by atoms with Crippen molar-refractivity contribution in [1.82, 2.24) is 0 Å². The van der Waals surface area contributed by atoms with Gasteiger partial charge in [0.2, 0.25) is 0 Å². The van der Waals surface area contributed by atoms with Crippen LogP contribution in [0.15, 0.2) is 0 Å². The van der Waals surface area contributed by atoms with Crippen LogP contribution in [-0.4, -0.2) is 23.5 Å². The molecule has 5 nitrogen and oxygen atoms in total. The minimum Gasteiger partial charge on any atom is -0.313 e. The molecule has 0 bridgehead atoms. The zero-order valence-corrected chi connectivity index (χ0v) is 8.68. The number of hydrogen-bond acceptors (Lipinski definition) is 3. The number of hydrogen-bond donors (Lipinski definition) is 2. The highest BCUT2D eigenvalue weighted by Crippen LogP contribution is 2.46. The van der Waals surface area contributed by atoms with Crippen molar-refractivity contribution in [2.24, 2.45) is 0 Å². The van der Waals surface area contributed by atoms with Crippen LogP contribution in [-0.2, 0) is 14.0 Å². The van der Waals surface area contributed by atoms with Gasteiger partial charge in [-0.05, 0) is 12.8 Å². The minimum absolute atomic E-state index is 0.226. The van der Waals surface area contributed by atoms with E-state index in [4.69, 9.17) is 9.79 Å². The van der Waals surface area contributed by atoms with E-state index in [1.165, 1.54) is 0 Å². The van der Waals surface area contributed by atoms with Crippen molar-refractivity contribution in [2.75, 3.05) is 0 Å². The SMILES string of the molecule is CCC(CC)S(=O)(=O)P(=O)(O)O. The van der Waals surface area contributed by atoms with Crippen LogP contribution < -0.4 is 0 Å². The molecule has 2 N–H and O–H groups in total. The van der Waals surface area contributed by atoms with Gasteiger partial charge in [-0.25, -0.2) is 13.0 Å². The van der Waals surface area contributed by atoms with Crippen molar-refractivity contribution in [3.05, 3.63) is 0 Å². The summed E-state index contributed by atoms with van der Waals surface area (Å²) in [4.78, 5) is 17.0. The molecule has 12 heavy (non-hydrogen) atoms. The van der Waals surface area contributed by atoms with E-state index in [0.29, 0.717) is 0 Å². The topological polar surface area (TPSA) is 91.7 Å². The van der Waals surface area contributed by atoms with Crippen LogP contribution in [0.4, 0.5) is 0 Å². The maximum Gasteiger partial charge on any atom is 0.440 e. The van der Waals surface area contributed by atoms with Crippen molar-refractivity contribution < 1.29 is 22.8 Å². The van der Waals surface area contributed by atoms with E-state index in [-0.39, 0.29) is 12.8 Å². The van der Waals surface area contributed by atoms with Crippen LogP contribution in [0.5, 0.6) is 0 Å². The summed E-state index contributed by atoms with van der Waals surface area (Å²) < 4.78 is 32.6. The van der Waals surface area contributed by atoms with E-state index in [2.05, 4.69) is 0 Å². The fraction of sp³-hybridized carbons (Fsp3) is 1.00. The van der Waals surface area contributed by atoms with Gasteiger partial charge in [-0.3, -0.25) is 0 Å². The Bertz CT molecular complexity index is 272. The van der Waals surface area contributed by atoms with Crippen LogP contribution in [0.2, 0.25) is 0 Å². The predicted octanol–water partition coefficient (Wildman–Crippen LogP) is 0.682. The molecule has 0 rings (SSSR count). The lowest BCUT2D eigenvalue weighted by Gasteiger charge is -2.13. The standard InChI is InChI=1S/C5H13O5PS/c1-3-5(4-2)12(9,10)11(6,7)8/h5H,3-4H2,1-2H3,(H2,6,7,8). The van der Waals surface area contributed by atoms with Crippen LogP contribution >= 0.6 is 6.80 Å². The molecule has 7 heteroatoms. The lowest BCUT2D eigenvalue weighted by Crippen LogP contribution is -2.19. The van der Waals surface area contributed by atoms with Crippen LogP contribution in [0.1, 0.15) is 26.7 Å². The molecule has 0 aromatic carbocycles.